The number of likely N-dealkylation sites (tertiary alicyclic amines) is 1. The fourth-order valence-corrected chi connectivity index (χ4v) is 7.33. The number of amides is 1. The first-order valence-corrected chi connectivity index (χ1v) is 14.7. The number of morpholine rings is 1. The molecule has 2 saturated heterocycles. The van der Waals surface area contributed by atoms with Gasteiger partial charge in [-0.1, -0.05) is 49.7 Å². The lowest BCUT2D eigenvalue weighted by Crippen LogP contribution is -2.64. The minimum atomic E-state index is -3.68. The van der Waals surface area contributed by atoms with Crippen LogP contribution in [0.3, 0.4) is 0 Å². The molecule has 1 N–H and O–H groups in total. The van der Waals surface area contributed by atoms with Gasteiger partial charge in [0, 0.05) is 24.8 Å². The van der Waals surface area contributed by atoms with E-state index in [1.807, 2.05) is 51.1 Å². The van der Waals surface area contributed by atoms with Crippen molar-refractivity contribution in [1.82, 2.24) is 9.21 Å². The molecule has 0 saturated carbocycles. The molecule has 2 heterocycles. The molecule has 1 unspecified atom stereocenters. The number of hydrogen-bond donors (Lipinski definition) is 1. The predicted molar refractivity (Wildman–Crippen MR) is 147 cm³/mol. The number of rotatable bonds is 7. The van der Waals surface area contributed by atoms with Crippen LogP contribution in [0.25, 0.3) is 0 Å². The molecule has 0 aromatic heterocycles. The van der Waals surface area contributed by atoms with Gasteiger partial charge in [0.05, 0.1) is 23.6 Å². The Balaban J connectivity index is 1.51. The van der Waals surface area contributed by atoms with Crippen molar-refractivity contribution in [2.24, 2.45) is 5.92 Å². The predicted octanol–water partition coefficient (Wildman–Crippen LogP) is 4.52. The Labute approximate surface area is 222 Å². The number of anilines is 1. The van der Waals surface area contributed by atoms with Crippen LogP contribution >= 0.6 is 0 Å². The van der Waals surface area contributed by atoms with Crippen molar-refractivity contribution in [3.63, 3.8) is 0 Å². The summed E-state index contributed by atoms with van der Waals surface area (Å²) < 4.78 is 35.8. The van der Waals surface area contributed by atoms with E-state index >= 15 is 0 Å². The fraction of sp³-hybridized carbons (Fsp3) is 0.552. The maximum atomic E-state index is 13.8. The van der Waals surface area contributed by atoms with Crippen LogP contribution in [-0.4, -0.2) is 68.0 Å². The molecule has 1 amide bonds. The summed E-state index contributed by atoms with van der Waals surface area (Å²) in [5.41, 5.74) is 3.33. The van der Waals surface area contributed by atoms with Crippen molar-refractivity contribution in [3.05, 3.63) is 59.2 Å². The van der Waals surface area contributed by atoms with Gasteiger partial charge in [0.1, 0.15) is 0 Å². The van der Waals surface area contributed by atoms with Gasteiger partial charge in [-0.3, -0.25) is 9.69 Å². The molecule has 0 aliphatic carbocycles. The van der Waals surface area contributed by atoms with Crippen LogP contribution in [0.5, 0.6) is 0 Å². The van der Waals surface area contributed by atoms with Crippen molar-refractivity contribution in [2.75, 3.05) is 38.1 Å². The molecular formula is C29H41N3O4S. The number of carbonyl (C=O) groups excluding carboxylic acids is 1. The molecule has 37 heavy (non-hydrogen) atoms. The quantitative estimate of drug-likeness (QED) is 0.573. The second kappa shape index (κ2) is 11.2. The maximum absolute atomic E-state index is 13.8. The number of para-hydroxylation sites is 1. The minimum Gasteiger partial charge on any atom is -0.371 e. The standard InChI is InChI=1S/C29H41N3O4S/c1-21(2)16-25-18-36-29(20-32(25)37(34,35)26-12-10-22(3)11-13-26)14-7-15-31(19-29)17-27(33)30-28-23(4)8-6-9-24(28)5/h6,8-13,21,25H,7,14-20H2,1-5H3,(H,30,33)/t25-,29?/m0/s1. The zero-order valence-electron chi connectivity index (χ0n) is 22.8. The van der Waals surface area contributed by atoms with Gasteiger partial charge in [-0.25, -0.2) is 8.42 Å². The molecule has 0 radical (unpaired) electrons. The van der Waals surface area contributed by atoms with E-state index in [0.717, 1.165) is 48.2 Å². The summed E-state index contributed by atoms with van der Waals surface area (Å²) in [4.78, 5) is 15.4. The third kappa shape index (κ3) is 6.42. The van der Waals surface area contributed by atoms with E-state index in [2.05, 4.69) is 24.1 Å². The van der Waals surface area contributed by atoms with Crippen LogP contribution in [0, 0.1) is 26.7 Å². The first kappa shape index (κ1) is 27.8. The summed E-state index contributed by atoms with van der Waals surface area (Å²) in [7, 11) is -3.68. The Morgan fingerprint density at radius 2 is 1.76 bits per heavy atom. The van der Waals surface area contributed by atoms with Crippen LogP contribution in [0.2, 0.25) is 0 Å². The van der Waals surface area contributed by atoms with E-state index in [1.54, 1.807) is 16.4 Å². The summed E-state index contributed by atoms with van der Waals surface area (Å²) in [6, 6.07) is 12.8. The average molecular weight is 528 g/mol. The van der Waals surface area contributed by atoms with Crippen molar-refractivity contribution in [2.45, 2.75) is 70.4 Å². The number of nitrogens with zero attached hydrogens (tertiary/aromatic N) is 2. The zero-order chi connectivity index (χ0) is 26.8. The van der Waals surface area contributed by atoms with E-state index in [1.165, 1.54) is 0 Å². The highest BCUT2D eigenvalue weighted by atomic mass is 32.2. The molecule has 2 aromatic rings. The molecule has 4 rings (SSSR count). The number of nitrogens with one attached hydrogen (secondary N) is 1. The molecule has 8 heteroatoms. The summed E-state index contributed by atoms with van der Waals surface area (Å²) in [6.45, 7) is 12.4. The van der Waals surface area contributed by atoms with E-state index in [9.17, 15) is 13.2 Å². The third-order valence-corrected chi connectivity index (χ3v) is 9.45. The van der Waals surface area contributed by atoms with E-state index in [-0.39, 0.29) is 18.5 Å². The average Bonchev–Trinajstić information content (AvgIpc) is 2.83. The van der Waals surface area contributed by atoms with Crippen molar-refractivity contribution >= 4 is 21.6 Å². The molecule has 2 aromatic carbocycles. The Bertz CT molecular complexity index is 1190. The normalized spacial score (nSPS) is 23.5. The number of benzene rings is 2. The molecule has 1 spiro atoms. The highest BCUT2D eigenvalue weighted by molar-refractivity contribution is 7.89. The highest BCUT2D eigenvalue weighted by Crippen LogP contribution is 2.35. The van der Waals surface area contributed by atoms with Gasteiger partial charge in [0.15, 0.2) is 0 Å². The lowest BCUT2D eigenvalue weighted by Gasteiger charge is -2.50. The van der Waals surface area contributed by atoms with Crippen molar-refractivity contribution < 1.29 is 17.9 Å². The number of carbonyl (C=O) groups is 1. The van der Waals surface area contributed by atoms with Gasteiger partial charge in [-0.2, -0.15) is 4.31 Å². The zero-order valence-corrected chi connectivity index (χ0v) is 23.6. The van der Waals surface area contributed by atoms with E-state index < -0.39 is 15.6 Å². The molecule has 2 aliphatic heterocycles. The lowest BCUT2D eigenvalue weighted by atomic mass is 9.89. The summed E-state index contributed by atoms with van der Waals surface area (Å²) in [5.74, 6) is 0.280. The third-order valence-electron chi connectivity index (χ3n) is 7.54. The first-order chi connectivity index (χ1) is 17.5. The van der Waals surface area contributed by atoms with Crippen LogP contribution in [0.4, 0.5) is 5.69 Å². The minimum absolute atomic E-state index is 0.0629. The molecule has 0 bridgehead atoms. The molecular weight excluding hydrogens is 486 g/mol. The molecule has 2 atom stereocenters. The van der Waals surface area contributed by atoms with Gasteiger partial charge in [0.2, 0.25) is 15.9 Å². The monoisotopic (exact) mass is 527 g/mol. The second-order valence-corrected chi connectivity index (χ2v) is 13.2. The SMILES string of the molecule is Cc1ccc(S(=O)(=O)N2CC3(CCCN(CC(=O)Nc4c(C)cccc4C)C3)OC[C@@H]2CC(C)C)cc1. The maximum Gasteiger partial charge on any atom is 0.243 e. The Morgan fingerprint density at radius 3 is 2.41 bits per heavy atom. The molecule has 7 nitrogen and oxygen atoms in total. The Hall–Kier alpha value is -2.26. The summed E-state index contributed by atoms with van der Waals surface area (Å²) >= 11 is 0. The van der Waals surface area contributed by atoms with Crippen LogP contribution in [0.1, 0.15) is 49.8 Å². The Kier molecular flexibility index (Phi) is 8.43. The van der Waals surface area contributed by atoms with Crippen LogP contribution < -0.4 is 5.32 Å². The van der Waals surface area contributed by atoms with Crippen LogP contribution in [0.15, 0.2) is 47.4 Å². The lowest BCUT2D eigenvalue weighted by molar-refractivity contribution is -0.146. The highest BCUT2D eigenvalue weighted by Gasteiger charge is 2.47. The topological polar surface area (TPSA) is 79.0 Å². The van der Waals surface area contributed by atoms with Gasteiger partial charge in [0.25, 0.3) is 0 Å². The second-order valence-electron chi connectivity index (χ2n) is 11.3. The van der Waals surface area contributed by atoms with Crippen LogP contribution in [-0.2, 0) is 19.6 Å². The number of aryl methyl sites for hydroxylation is 3. The van der Waals surface area contributed by atoms with Crippen molar-refractivity contribution in [3.8, 4) is 0 Å². The largest absolute Gasteiger partial charge is 0.371 e. The number of hydrogen-bond acceptors (Lipinski definition) is 5. The smallest absolute Gasteiger partial charge is 0.243 e. The van der Waals surface area contributed by atoms with Gasteiger partial charge in [-0.15, -0.1) is 0 Å². The van der Waals surface area contributed by atoms with E-state index in [0.29, 0.717) is 30.5 Å². The number of sulfonamides is 1. The number of ether oxygens (including phenoxy) is 1. The summed E-state index contributed by atoms with van der Waals surface area (Å²) in [6.07, 6.45) is 2.36. The molecule has 202 valence electrons. The van der Waals surface area contributed by atoms with Gasteiger partial charge < -0.3 is 10.1 Å². The van der Waals surface area contributed by atoms with Gasteiger partial charge in [-0.05, 0) is 75.8 Å². The van der Waals surface area contributed by atoms with Gasteiger partial charge >= 0.3 is 0 Å². The molecule has 2 fully saturated rings. The van der Waals surface area contributed by atoms with Crippen molar-refractivity contribution in [1.29, 1.82) is 0 Å². The molecule has 2 aliphatic rings. The summed E-state index contributed by atoms with van der Waals surface area (Å²) in [5, 5.41) is 3.08. The van der Waals surface area contributed by atoms with E-state index in [4.69, 9.17) is 4.74 Å². The number of piperidine rings is 1. The first-order valence-electron chi connectivity index (χ1n) is 13.3. The fourth-order valence-electron chi connectivity index (χ4n) is 5.64. The Morgan fingerprint density at radius 1 is 1.08 bits per heavy atom.